The summed E-state index contributed by atoms with van der Waals surface area (Å²) in [6.07, 6.45) is 0.683. The zero-order valence-electron chi connectivity index (χ0n) is 20.9. The summed E-state index contributed by atoms with van der Waals surface area (Å²) in [5.41, 5.74) is 3.87. The summed E-state index contributed by atoms with van der Waals surface area (Å²) in [6, 6.07) is 35.4. The number of carbonyl (C=O) groups excluding carboxylic acids is 1. The molecule has 2 atom stereocenters. The number of Topliss-reactive ketones (excluding diaryl/α,β-unsaturated/α-hetero) is 1. The Balaban J connectivity index is 1.53. The van der Waals surface area contributed by atoms with Crippen LogP contribution < -0.4 is 14.8 Å². The molecule has 0 amide bonds. The molecule has 4 aromatic rings. The Morgan fingerprint density at radius 3 is 1.81 bits per heavy atom. The molecular weight excluding hydrogens is 446 g/mol. The fourth-order valence-corrected chi connectivity index (χ4v) is 4.08. The maximum Gasteiger partial charge on any atom is 0.179 e. The van der Waals surface area contributed by atoms with Crippen molar-refractivity contribution in [3.8, 4) is 11.5 Å². The average molecular weight is 480 g/mol. The second-order valence-electron chi connectivity index (χ2n) is 8.83. The van der Waals surface area contributed by atoms with Crippen molar-refractivity contribution in [3.63, 3.8) is 0 Å². The summed E-state index contributed by atoms with van der Waals surface area (Å²) in [5, 5.41) is 3.50. The molecule has 0 saturated carbocycles. The fraction of sp³-hybridized carbons (Fsp3) is 0.219. The Morgan fingerprint density at radius 1 is 0.722 bits per heavy atom. The predicted octanol–water partition coefficient (Wildman–Crippen LogP) is 7.16. The van der Waals surface area contributed by atoms with Crippen molar-refractivity contribution in [1.82, 2.24) is 5.32 Å². The highest BCUT2D eigenvalue weighted by atomic mass is 16.5. The smallest absolute Gasteiger partial charge is 0.179 e. The van der Waals surface area contributed by atoms with Gasteiger partial charge in [0.1, 0.15) is 13.2 Å². The Hall–Kier alpha value is -3.89. The summed E-state index contributed by atoms with van der Waals surface area (Å²) in [5.74, 6) is 1.22. The minimum Gasteiger partial charge on any atom is -0.485 e. The van der Waals surface area contributed by atoms with Gasteiger partial charge in [0, 0.05) is 11.6 Å². The van der Waals surface area contributed by atoms with Crippen molar-refractivity contribution in [1.29, 1.82) is 0 Å². The van der Waals surface area contributed by atoms with E-state index in [1.807, 2.05) is 104 Å². The number of hydrogen-bond acceptors (Lipinski definition) is 4. The van der Waals surface area contributed by atoms with Crippen LogP contribution in [-0.4, -0.2) is 11.8 Å². The number of carbonyl (C=O) groups is 1. The molecule has 0 aliphatic rings. The van der Waals surface area contributed by atoms with E-state index in [1.54, 1.807) is 0 Å². The van der Waals surface area contributed by atoms with Crippen LogP contribution in [0.25, 0.3) is 0 Å². The van der Waals surface area contributed by atoms with Gasteiger partial charge in [-0.15, -0.1) is 0 Å². The monoisotopic (exact) mass is 479 g/mol. The van der Waals surface area contributed by atoms with E-state index in [0.717, 1.165) is 16.7 Å². The lowest BCUT2D eigenvalue weighted by atomic mass is 9.99. The van der Waals surface area contributed by atoms with Gasteiger partial charge in [-0.25, -0.2) is 0 Å². The van der Waals surface area contributed by atoms with Crippen molar-refractivity contribution >= 4 is 5.78 Å². The van der Waals surface area contributed by atoms with Crippen LogP contribution in [0.15, 0.2) is 109 Å². The Labute approximate surface area is 213 Å². The van der Waals surface area contributed by atoms with Crippen molar-refractivity contribution in [2.45, 2.75) is 45.6 Å². The molecule has 4 rings (SSSR count). The van der Waals surface area contributed by atoms with Crippen LogP contribution in [0.3, 0.4) is 0 Å². The van der Waals surface area contributed by atoms with Crippen molar-refractivity contribution < 1.29 is 14.3 Å². The molecule has 0 heterocycles. The summed E-state index contributed by atoms with van der Waals surface area (Å²) < 4.78 is 12.3. The van der Waals surface area contributed by atoms with Crippen molar-refractivity contribution in [2.24, 2.45) is 0 Å². The first-order valence-corrected chi connectivity index (χ1v) is 12.5. The van der Waals surface area contributed by atoms with E-state index in [1.165, 1.54) is 0 Å². The highest BCUT2D eigenvalue weighted by Crippen LogP contribution is 2.31. The molecule has 4 nitrogen and oxygen atoms in total. The van der Waals surface area contributed by atoms with Gasteiger partial charge in [-0.2, -0.15) is 0 Å². The third kappa shape index (κ3) is 6.83. The van der Waals surface area contributed by atoms with Gasteiger partial charge in [0.15, 0.2) is 17.3 Å². The van der Waals surface area contributed by atoms with Gasteiger partial charge in [0.05, 0.1) is 6.04 Å². The van der Waals surface area contributed by atoms with E-state index in [-0.39, 0.29) is 17.9 Å². The lowest BCUT2D eigenvalue weighted by Gasteiger charge is -2.22. The second-order valence-corrected chi connectivity index (χ2v) is 8.83. The minimum atomic E-state index is -0.307. The van der Waals surface area contributed by atoms with E-state index in [0.29, 0.717) is 36.7 Å². The first-order chi connectivity index (χ1) is 17.6. The Bertz CT molecular complexity index is 1230. The summed E-state index contributed by atoms with van der Waals surface area (Å²) >= 11 is 0. The van der Waals surface area contributed by atoms with Gasteiger partial charge in [-0.1, -0.05) is 97.9 Å². The molecule has 0 fully saturated rings. The van der Waals surface area contributed by atoms with Crippen LogP contribution >= 0.6 is 0 Å². The first kappa shape index (κ1) is 25.2. The minimum absolute atomic E-state index is 0.0412. The predicted molar refractivity (Wildman–Crippen MR) is 144 cm³/mol. The van der Waals surface area contributed by atoms with Crippen LogP contribution in [0.1, 0.15) is 53.4 Å². The number of ether oxygens (including phenoxy) is 2. The topological polar surface area (TPSA) is 47.6 Å². The fourth-order valence-electron chi connectivity index (χ4n) is 4.08. The molecule has 4 heteroatoms. The molecule has 36 heavy (non-hydrogen) atoms. The van der Waals surface area contributed by atoms with E-state index in [2.05, 4.69) is 24.4 Å². The largest absolute Gasteiger partial charge is 0.485 e. The molecule has 0 aliphatic heterocycles. The van der Waals surface area contributed by atoms with E-state index in [4.69, 9.17) is 9.47 Å². The quantitative estimate of drug-likeness (QED) is 0.219. The Kier molecular flexibility index (Phi) is 8.90. The van der Waals surface area contributed by atoms with Crippen molar-refractivity contribution in [3.05, 3.63) is 131 Å². The van der Waals surface area contributed by atoms with Gasteiger partial charge in [-0.3, -0.25) is 4.79 Å². The van der Waals surface area contributed by atoms with Gasteiger partial charge in [0.2, 0.25) is 0 Å². The van der Waals surface area contributed by atoms with Crippen LogP contribution in [0, 0.1) is 0 Å². The van der Waals surface area contributed by atoms with Crippen LogP contribution in [0.4, 0.5) is 0 Å². The van der Waals surface area contributed by atoms with Crippen molar-refractivity contribution in [2.75, 3.05) is 0 Å². The highest BCUT2D eigenvalue weighted by Gasteiger charge is 2.22. The number of rotatable bonds is 12. The third-order valence-electron chi connectivity index (χ3n) is 6.18. The molecular formula is C32H33NO3. The zero-order chi connectivity index (χ0) is 25.2. The summed E-state index contributed by atoms with van der Waals surface area (Å²) in [7, 11) is 0. The standard InChI is InChI=1S/C32H33NO3/c1-3-29(33-24(2)27-17-11-6-12-18-27)32(34)28-19-20-30(35-22-25-13-7-4-8-14-25)31(21-28)36-23-26-15-9-5-10-16-26/h4-21,24,29,33H,3,22-23H2,1-2H3/t24-,29+/m0/s1. The lowest BCUT2D eigenvalue weighted by Crippen LogP contribution is -2.37. The summed E-state index contributed by atoms with van der Waals surface area (Å²) in [6.45, 7) is 4.92. The van der Waals surface area contributed by atoms with Crippen LogP contribution in [0.2, 0.25) is 0 Å². The average Bonchev–Trinajstić information content (AvgIpc) is 2.95. The maximum atomic E-state index is 13.5. The molecule has 184 valence electrons. The van der Waals surface area contributed by atoms with Crippen LogP contribution in [-0.2, 0) is 13.2 Å². The molecule has 0 aliphatic carbocycles. The highest BCUT2D eigenvalue weighted by molar-refractivity contribution is 6.00. The second kappa shape index (κ2) is 12.7. The van der Waals surface area contributed by atoms with E-state index in [9.17, 15) is 4.79 Å². The normalized spacial score (nSPS) is 12.5. The maximum absolute atomic E-state index is 13.5. The number of benzene rings is 4. The molecule has 4 aromatic carbocycles. The van der Waals surface area contributed by atoms with Crippen LogP contribution in [0.5, 0.6) is 11.5 Å². The number of nitrogens with one attached hydrogen (secondary N) is 1. The van der Waals surface area contributed by atoms with E-state index < -0.39 is 0 Å². The van der Waals surface area contributed by atoms with E-state index >= 15 is 0 Å². The molecule has 0 spiro atoms. The van der Waals surface area contributed by atoms with Gasteiger partial charge >= 0.3 is 0 Å². The van der Waals surface area contributed by atoms with Gasteiger partial charge in [0.25, 0.3) is 0 Å². The zero-order valence-corrected chi connectivity index (χ0v) is 20.9. The number of hydrogen-bond donors (Lipinski definition) is 1. The Morgan fingerprint density at radius 2 is 1.25 bits per heavy atom. The third-order valence-corrected chi connectivity index (χ3v) is 6.18. The van der Waals surface area contributed by atoms with Gasteiger partial charge in [-0.05, 0) is 48.2 Å². The molecule has 0 bridgehead atoms. The SMILES string of the molecule is CC[C@@H](N[C@@H](C)c1ccccc1)C(=O)c1ccc(OCc2ccccc2)c(OCc2ccccc2)c1. The summed E-state index contributed by atoms with van der Waals surface area (Å²) in [4.78, 5) is 13.5. The molecule has 0 unspecified atom stereocenters. The van der Waals surface area contributed by atoms with Gasteiger partial charge < -0.3 is 14.8 Å². The molecule has 0 saturated heterocycles. The number of ketones is 1. The lowest BCUT2D eigenvalue weighted by molar-refractivity contribution is 0.0933. The first-order valence-electron chi connectivity index (χ1n) is 12.5. The molecule has 0 radical (unpaired) electrons. The molecule has 1 N–H and O–H groups in total. The molecule has 0 aromatic heterocycles.